The molecule has 6 heteroatoms. The summed E-state index contributed by atoms with van der Waals surface area (Å²) in [6, 6.07) is 9.93. The van der Waals surface area contributed by atoms with E-state index in [1.165, 1.54) is 10.6 Å². The monoisotopic (exact) mass is 316 g/mol. The molecule has 0 unspecified atom stereocenters. The number of pyridine rings is 1. The fourth-order valence-corrected chi connectivity index (χ4v) is 2.09. The Labute approximate surface area is 134 Å². The molecule has 2 rings (SSSR count). The number of likely N-dealkylation sites (N-methyl/N-ethyl adjacent to an activating group) is 1. The molecule has 2 aromatic rings. The molecule has 23 heavy (non-hydrogen) atoms. The average molecular weight is 316 g/mol. The minimum atomic E-state index is -0.986. The van der Waals surface area contributed by atoms with Gasteiger partial charge in [0.25, 0.3) is 5.56 Å². The molecule has 1 aromatic carbocycles. The van der Waals surface area contributed by atoms with Crippen molar-refractivity contribution in [2.45, 2.75) is 6.54 Å². The molecule has 122 valence electrons. The lowest BCUT2D eigenvalue weighted by Crippen LogP contribution is -2.25. The van der Waals surface area contributed by atoms with Crippen LogP contribution in [0, 0.1) is 0 Å². The number of ether oxygens (including phenoxy) is 1. The van der Waals surface area contributed by atoms with Gasteiger partial charge in [0.15, 0.2) is 5.75 Å². The van der Waals surface area contributed by atoms with Gasteiger partial charge in [0.2, 0.25) is 0 Å². The van der Waals surface area contributed by atoms with Gasteiger partial charge in [-0.15, -0.1) is 0 Å². The van der Waals surface area contributed by atoms with E-state index in [9.17, 15) is 9.59 Å². The minimum Gasteiger partial charge on any atom is -0.487 e. The zero-order valence-corrected chi connectivity index (χ0v) is 13.2. The van der Waals surface area contributed by atoms with Crippen LogP contribution in [0.5, 0.6) is 5.75 Å². The maximum Gasteiger partial charge on any atom is 0.335 e. The first-order valence-electron chi connectivity index (χ1n) is 7.26. The summed E-state index contributed by atoms with van der Waals surface area (Å²) in [7, 11) is 3.87. The van der Waals surface area contributed by atoms with Crippen LogP contribution in [-0.2, 0) is 6.54 Å². The van der Waals surface area contributed by atoms with Crippen LogP contribution in [0.25, 0.3) is 0 Å². The first-order valence-corrected chi connectivity index (χ1v) is 7.26. The summed E-state index contributed by atoms with van der Waals surface area (Å²) in [5.41, 5.74) is 0.721. The number of carbonyl (C=O) groups is 1. The van der Waals surface area contributed by atoms with Gasteiger partial charge in [0.1, 0.15) is 6.61 Å². The minimum absolute atomic E-state index is 0.203. The molecule has 0 amide bonds. The molecule has 6 nitrogen and oxygen atoms in total. The van der Waals surface area contributed by atoms with Gasteiger partial charge in [-0.05, 0) is 43.9 Å². The number of carboxylic acid groups (broad SMARTS) is 1. The Hall–Kier alpha value is -2.60. The lowest BCUT2D eigenvalue weighted by atomic mass is 10.1. The number of rotatable bonds is 7. The van der Waals surface area contributed by atoms with Gasteiger partial charge in [-0.3, -0.25) is 4.79 Å². The first kappa shape index (κ1) is 16.8. The van der Waals surface area contributed by atoms with Gasteiger partial charge in [-0.25, -0.2) is 4.79 Å². The summed E-state index contributed by atoms with van der Waals surface area (Å²) in [5, 5.41) is 9.02. The van der Waals surface area contributed by atoms with Gasteiger partial charge in [-0.1, -0.05) is 12.1 Å². The first-order chi connectivity index (χ1) is 11.0. The summed E-state index contributed by atoms with van der Waals surface area (Å²) >= 11 is 0. The van der Waals surface area contributed by atoms with E-state index >= 15 is 0 Å². The highest BCUT2D eigenvalue weighted by atomic mass is 16.5. The van der Waals surface area contributed by atoms with Crippen LogP contribution >= 0.6 is 0 Å². The standard InChI is InChI=1S/C17H20N2O4/c1-18(2)9-10-23-15-7-4-8-19(16(15)20)12-13-5-3-6-14(11-13)17(21)22/h3-8,11H,9-10,12H2,1-2H3,(H,21,22). The van der Waals surface area contributed by atoms with Gasteiger partial charge >= 0.3 is 5.97 Å². The van der Waals surface area contributed by atoms with E-state index in [4.69, 9.17) is 9.84 Å². The van der Waals surface area contributed by atoms with Crippen molar-refractivity contribution in [2.24, 2.45) is 0 Å². The summed E-state index contributed by atoms with van der Waals surface area (Å²) in [4.78, 5) is 25.4. The summed E-state index contributed by atoms with van der Waals surface area (Å²) < 4.78 is 7.02. The molecule has 0 aliphatic carbocycles. The van der Waals surface area contributed by atoms with Crippen LogP contribution in [0.1, 0.15) is 15.9 Å². The van der Waals surface area contributed by atoms with E-state index in [1.807, 2.05) is 19.0 Å². The Morgan fingerprint density at radius 3 is 2.74 bits per heavy atom. The predicted octanol–water partition coefficient (Wildman–Crippen LogP) is 1.54. The van der Waals surface area contributed by atoms with Crippen molar-refractivity contribution in [3.63, 3.8) is 0 Å². The zero-order chi connectivity index (χ0) is 16.8. The molecule has 0 radical (unpaired) electrons. The van der Waals surface area contributed by atoms with Crippen LogP contribution in [0.2, 0.25) is 0 Å². The molecule has 0 fully saturated rings. The number of aromatic nitrogens is 1. The molecule has 0 bridgehead atoms. The van der Waals surface area contributed by atoms with E-state index < -0.39 is 5.97 Å². The van der Waals surface area contributed by atoms with E-state index in [0.717, 1.165) is 12.1 Å². The number of hydrogen-bond acceptors (Lipinski definition) is 4. The zero-order valence-electron chi connectivity index (χ0n) is 13.2. The highest BCUT2D eigenvalue weighted by Crippen LogP contribution is 2.08. The highest BCUT2D eigenvalue weighted by molar-refractivity contribution is 5.87. The third-order valence-electron chi connectivity index (χ3n) is 3.31. The number of carboxylic acids is 1. The SMILES string of the molecule is CN(C)CCOc1cccn(Cc2cccc(C(=O)O)c2)c1=O. The van der Waals surface area contributed by atoms with E-state index in [1.54, 1.807) is 36.5 Å². The Balaban J connectivity index is 2.16. The van der Waals surface area contributed by atoms with Crippen molar-refractivity contribution in [3.05, 3.63) is 64.1 Å². The molecule has 0 saturated carbocycles. The van der Waals surface area contributed by atoms with Crippen molar-refractivity contribution in [1.82, 2.24) is 9.47 Å². The van der Waals surface area contributed by atoms with E-state index in [-0.39, 0.29) is 11.1 Å². The van der Waals surface area contributed by atoms with Crippen LogP contribution in [0.4, 0.5) is 0 Å². The Morgan fingerprint density at radius 2 is 2.04 bits per heavy atom. The van der Waals surface area contributed by atoms with Crippen LogP contribution in [0.3, 0.4) is 0 Å². The molecule has 1 aromatic heterocycles. The molecule has 0 spiro atoms. The largest absolute Gasteiger partial charge is 0.487 e. The van der Waals surface area contributed by atoms with Crippen LogP contribution < -0.4 is 10.3 Å². The smallest absolute Gasteiger partial charge is 0.335 e. The number of hydrogen-bond donors (Lipinski definition) is 1. The van der Waals surface area contributed by atoms with Crippen LogP contribution in [0.15, 0.2) is 47.4 Å². The maximum atomic E-state index is 12.4. The van der Waals surface area contributed by atoms with Gasteiger partial charge in [0, 0.05) is 12.7 Å². The van der Waals surface area contributed by atoms with Crippen molar-refractivity contribution >= 4 is 5.97 Å². The maximum absolute atomic E-state index is 12.4. The number of nitrogens with zero attached hydrogens (tertiary/aromatic N) is 2. The van der Waals surface area contributed by atoms with Crippen molar-refractivity contribution in [3.8, 4) is 5.75 Å². The number of aromatic carboxylic acids is 1. The normalized spacial score (nSPS) is 10.7. The Kier molecular flexibility index (Phi) is 5.54. The topological polar surface area (TPSA) is 71.8 Å². The molecule has 1 heterocycles. The second-order valence-electron chi connectivity index (χ2n) is 5.46. The predicted molar refractivity (Wildman–Crippen MR) is 87.3 cm³/mol. The molecule has 0 aliphatic heterocycles. The average Bonchev–Trinajstić information content (AvgIpc) is 2.51. The quantitative estimate of drug-likeness (QED) is 0.839. The molecule has 0 aliphatic rings. The second-order valence-corrected chi connectivity index (χ2v) is 5.46. The van der Waals surface area contributed by atoms with E-state index in [0.29, 0.717) is 18.9 Å². The Bertz CT molecular complexity index is 737. The van der Waals surface area contributed by atoms with Gasteiger partial charge in [-0.2, -0.15) is 0 Å². The summed E-state index contributed by atoms with van der Waals surface area (Å²) in [5.74, 6) is -0.691. The summed E-state index contributed by atoms with van der Waals surface area (Å²) in [6.45, 7) is 1.45. The lowest BCUT2D eigenvalue weighted by Gasteiger charge is -2.12. The molecule has 0 saturated heterocycles. The van der Waals surface area contributed by atoms with Crippen molar-refractivity contribution in [1.29, 1.82) is 0 Å². The fourth-order valence-electron chi connectivity index (χ4n) is 2.09. The molecule has 1 N–H and O–H groups in total. The van der Waals surface area contributed by atoms with Crippen LogP contribution in [-0.4, -0.2) is 47.8 Å². The van der Waals surface area contributed by atoms with Crippen molar-refractivity contribution in [2.75, 3.05) is 27.2 Å². The molecular formula is C17H20N2O4. The lowest BCUT2D eigenvalue weighted by molar-refractivity contribution is 0.0696. The Morgan fingerprint density at radius 1 is 1.26 bits per heavy atom. The third kappa shape index (κ3) is 4.69. The summed E-state index contributed by atoms with van der Waals surface area (Å²) in [6.07, 6.45) is 1.66. The van der Waals surface area contributed by atoms with Gasteiger partial charge in [0.05, 0.1) is 12.1 Å². The molecular weight excluding hydrogens is 296 g/mol. The second kappa shape index (κ2) is 7.60. The van der Waals surface area contributed by atoms with Gasteiger partial charge < -0.3 is 19.3 Å². The highest BCUT2D eigenvalue weighted by Gasteiger charge is 2.07. The van der Waals surface area contributed by atoms with Crippen molar-refractivity contribution < 1.29 is 14.6 Å². The van der Waals surface area contributed by atoms with E-state index in [2.05, 4.69) is 0 Å². The fraction of sp³-hybridized carbons (Fsp3) is 0.294. The number of benzene rings is 1. The third-order valence-corrected chi connectivity index (χ3v) is 3.31. The molecule has 0 atom stereocenters.